The molecule has 2 aromatic rings. The molecule has 4 heteroatoms. The highest BCUT2D eigenvalue weighted by molar-refractivity contribution is 5.97. The third kappa shape index (κ3) is 3.69. The van der Waals surface area contributed by atoms with Crippen molar-refractivity contribution in [1.82, 2.24) is 4.90 Å². The summed E-state index contributed by atoms with van der Waals surface area (Å²) in [6.07, 6.45) is 0. The average molecular weight is 283 g/mol. The molecule has 0 saturated heterocycles. The van der Waals surface area contributed by atoms with Crippen LogP contribution in [-0.2, 0) is 6.54 Å². The van der Waals surface area contributed by atoms with E-state index in [0.717, 1.165) is 11.1 Å². The van der Waals surface area contributed by atoms with Crippen LogP contribution >= 0.6 is 0 Å². The Balaban J connectivity index is 2.15. The number of carboxylic acid groups (broad SMARTS) is 1. The highest BCUT2D eigenvalue weighted by atomic mass is 16.4. The summed E-state index contributed by atoms with van der Waals surface area (Å²) in [6.45, 7) is 2.49. The number of aromatic carboxylic acids is 1. The number of hydrogen-bond acceptors (Lipinski definition) is 2. The molecule has 0 aliphatic carbocycles. The molecule has 0 aliphatic heterocycles. The number of hydrogen-bond donors (Lipinski definition) is 1. The van der Waals surface area contributed by atoms with Crippen LogP contribution < -0.4 is 0 Å². The van der Waals surface area contributed by atoms with Crippen LogP contribution in [0.4, 0.5) is 0 Å². The zero-order valence-corrected chi connectivity index (χ0v) is 12.0. The van der Waals surface area contributed by atoms with Gasteiger partial charge in [0.1, 0.15) is 0 Å². The van der Waals surface area contributed by atoms with E-state index in [0.29, 0.717) is 12.1 Å². The molecule has 1 N–H and O–H groups in total. The molecular formula is C17H17NO3. The first-order valence-corrected chi connectivity index (χ1v) is 6.62. The van der Waals surface area contributed by atoms with Crippen LogP contribution in [-0.4, -0.2) is 28.9 Å². The summed E-state index contributed by atoms with van der Waals surface area (Å²) >= 11 is 0. The molecule has 2 aromatic carbocycles. The lowest BCUT2D eigenvalue weighted by Gasteiger charge is -2.18. The van der Waals surface area contributed by atoms with Crippen LogP contribution in [0.1, 0.15) is 31.8 Å². The third-order valence-electron chi connectivity index (χ3n) is 3.21. The Morgan fingerprint density at radius 2 is 1.71 bits per heavy atom. The fourth-order valence-corrected chi connectivity index (χ4v) is 2.16. The van der Waals surface area contributed by atoms with Crippen molar-refractivity contribution in [3.63, 3.8) is 0 Å². The maximum absolute atomic E-state index is 12.3. The minimum absolute atomic E-state index is 0.116. The molecule has 4 nitrogen and oxygen atoms in total. The van der Waals surface area contributed by atoms with E-state index in [1.807, 2.05) is 31.2 Å². The van der Waals surface area contributed by atoms with Gasteiger partial charge in [0.15, 0.2) is 0 Å². The second-order valence-corrected chi connectivity index (χ2v) is 5.04. The molecule has 0 spiro atoms. The lowest BCUT2D eigenvalue weighted by Crippen LogP contribution is -2.26. The van der Waals surface area contributed by atoms with Gasteiger partial charge >= 0.3 is 5.97 Å². The highest BCUT2D eigenvalue weighted by Gasteiger charge is 2.14. The van der Waals surface area contributed by atoms with Crippen molar-refractivity contribution in [1.29, 1.82) is 0 Å². The monoisotopic (exact) mass is 283 g/mol. The summed E-state index contributed by atoms with van der Waals surface area (Å²) in [5, 5.41) is 8.97. The average Bonchev–Trinajstić information content (AvgIpc) is 2.46. The quantitative estimate of drug-likeness (QED) is 0.938. The SMILES string of the molecule is Cc1cccc(CN(C)C(=O)c2cccc(C(=O)O)c2)c1. The van der Waals surface area contributed by atoms with Gasteiger partial charge in [-0.15, -0.1) is 0 Å². The van der Waals surface area contributed by atoms with Gasteiger partial charge in [0.25, 0.3) is 5.91 Å². The lowest BCUT2D eigenvalue weighted by molar-refractivity contribution is 0.0697. The second-order valence-electron chi connectivity index (χ2n) is 5.04. The van der Waals surface area contributed by atoms with Crippen molar-refractivity contribution < 1.29 is 14.7 Å². The summed E-state index contributed by atoms with van der Waals surface area (Å²) in [7, 11) is 1.71. The Morgan fingerprint density at radius 1 is 1.05 bits per heavy atom. The van der Waals surface area contributed by atoms with Gasteiger partial charge < -0.3 is 10.0 Å². The largest absolute Gasteiger partial charge is 0.478 e. The molecule has 0 heterocycles. The minimum atomic E-state index is -1.04. The van der Waals surface area contributed by atoms with Crippen LogP contribution in [0.2, 0.25) is 0 Å². The molecule has 0 fully saturated rings. The number of carbonyl (C=O) groups excluding carboxylic acids is 1. The van der Waals surface area contributed by atoms with E-state index in [4.69, 9.17) is 5.11 Å². The maximum Gasteiger partial charge on any atom is 0.335 e. The van der Waals surface area contributed by atoms with E-state index < -0.39 is 5.97 Å². The molecule has 1 amide bonds. The van der Waals surface area contributed by atoms with Crippen molar-refractivity contribution in [3.05, 3.63) is 70.8 Å². The van der Waals surface area contributed by atoms with Gasteiger partial charge in [-0.25, -0.2) is 4.79 Å². The topological polar surface area (TPSA) is 57.6 Å². The Bertz CT molecular complexity index is 679. The Hall–Kier alpha value is -2.62. The molecule has 2 rings (SSSR count). The van der Waals surface area contributed by atoms with Gasteiger partial charge in [-0.2, -0.15) is 0 Å². The van der Waals surface area contributed by atoms with Crippen molar-refractivity contribution in [3.8, 4) is 0 Å². The number of carbonyl (C=O) groups is 2. The first-order valence-electron chi connectivity index (χ1n) is 6.62. The predicted molar refractivity (Wildman–Crippen MR) is 80.4 cm³/mol. The highest BCUT2D eigenvalue weighted by Crippen LogP contribution is 2.11. The van der Waals surface area contributed by atoms with Gasteiger partial charge in [-0.3, -0.25) is 4.79 Å². The number of aryl methyl sites for hydroxylation is 1. The summed E-state index contributed by atoms with van der Waals surface area (Å²) in [6, 6.07) is 14.0. The van der Waals surface area contributed by atoms with Gasteiger partial charge in [-0.1, -0.05) is 35.9 Å². The van der Waals surface area contributed by atoms with E-state index in [1.54, 1.807) is 24.1 Å². The standard InChI is InChI=1S/C17H17NO3/c1-12-5-3-6-13(9-12)11-18(2)16(19)14-7-4-8-15(10-14)17(20)21/h3-10H,11H2,1-2H3,(H,20,21). The normalized spacial score (nSPS) is 10.2. The summed E-state index contributed by atoms with van der Waals surface area (Å²) in [4.78, 5) is 24.9. The number of carboxylic acids is 1. The van der Waals surface area contributed by atoms with Gasteiger partial charge in [-0.05, 0) is 30.7 Å². The van der Waals surface area contributed by atoms with Gasteiger partial charge in [0, 0.05) is 19.2 Å². The van der Waals surface area contributed by atoms with E-state index >= 15 is 0 Å². The third-order valence-corrected chi connectivity index (χ3v) is 3.21. The zero-order valence-electron chi connectivity index (χ0n) is 12.0. The van der Waals surface area contributed by atoms with Crippen LogP contribution in [0, 0.1) is 6.92 Å². The Morgan fingerprint density at radius 3 is 2.38 bits per heavy atom. The van der Waals surface area contributed by atoms with Crippen LogP contribution in [0.25, 0.3) is 0 Å². The minimum Gasteiger partial charge on any atom is -0.478 e. The first kappa shape index (κ1) is 14.8. The van der Waals surface area contributed by atoms with E-state index in [2.05, 4.69) is 0 Å². The van der Waals surface area contributed by atoms with Crippen molar-refractivity contribution in [2.75, 3.05) is 7.05 Å². The number of benzene rings is 2. The summed E-state index contributed by atoms with van der Waals surface area (Å²) in [5.74, 6) is -1.23. The first-order chi connectivity index (χ1) is 9.97. The molecule has 0 radical (unpaired) electrons. The van der Waals surface area contributed by atoms with Crippen molar-refractivity contribution in [2.45, 2.75) is 13.5 Å². The van der Waals surface area contributed by atoms with Crippen LogP contribution in [0.3, 0.4) is 0 Å². The van der Waals surface area contributed by atoms with Gasteiger partial charge in [0.2, 0.25) is 0 Å². The number of nitrogens with zero attached hydrogens (tertiary/aromatic N) is 1. The van der Waals surface area contributed by atoms with Crippen LogP contribution in [0.5, 0.6) is 0 Å². The molecular weight excluding hydrogens is 266 g/mol. The molecule has 0 bridgehead atoms. The predicted octanol–water partition coefficient (Wildman–Crippen LogP) is 2.97. The van der Waals surface area contributed by atoms with E-state index in [-0.39, 0.29) is 11.5 Å². The Labute approximate surface area is 123 Å². The molecule has 0 unspecified atom stereocenters. The number of rotatable bonds is 4. The molecule has 0 atom stereocenters. The molecule has 108 valence electrons. The Kier molecular flexibility index (Phi) is 4.38. The number of amides is 1. The fraction of sp³-hybridized carbons (Fsp3) is 0.176. The summed E-state index contributed by atoms with van der Waals surface area (Å²) < 4.78 is 0. The maximum atomic E-state index is 12.3. The van der Waals surface area contributed by atoms with Crippen molar-refractivity contribution >= 4 is 11.9 Å². The van der Waals surface area contributed by atoms with E-state index in [1.165, 1.54) is 12.1 Å². The molecule has 0 aliphatic rings. The van der Waals surface area contributed by atoms with E-state index in [9.17, 15) is 9.59 Å². The summed E-state index contributed by atoms with van der Waals surface area (Å²) in [5.41, 5.74) is 2.68. The van der Waals surface area contributed by atoms with Crippen LogP contribution in [0.15, 0.2) is 48.5 Å². The zero-order chi connectivity index (χ0) is 15.4. The molecule has 0 saturated carbocycles. The van der Waals surface area contributed by atoms with Crippen molar-refractivity contribution in [2.24, 2.45) is 0 Å². The second kappa shape index (κ2) is 6.22. The molecule has 0 aromatic heterocycles. The fourth-order valence-electron chi connectivity index (χ4n) is 2.16. The smallest absolute Gasteiger partial charge is 0.335 e. The lowest BCUT2D eigenvalue weighted by atomic mass is 10.1. The molecule has 21 heavy (non-hydrogen) atoms. The van der Waals surface area contributed by atoms with Gasteiger partial charge in [0.05, 0.1) is 5.56 Å².